The predicted octanol–water partition coefficient (Wildman–Crippen LogP) is 2.44. The lowest BCUT2D eigenvalue weighted by Gasteiger charge is -1.69. The lowest BCUT2D eigenvalue weighted by Crippen LogP contribution is -1.47. The molecule has 0 unspecified atom stereocenters. The Hall–Kier alpha value is -1.08. The van der Waals surface area contributed by atoms with Crippen LogP contribution >= 0.6 is 0 Å². The summed E-state index contributed by atoms with van der Waals surface area (Å²) in [4.78, 5) is 0. The molecule has 0 fully saturated rings. The molecule has 0 bridgehead atoms. The van der Waals surface area contributed by atoms with Gasteiger partial charge in [-0.2, -0.15) is 0 Å². The van der Waals surface area contributed by atoms with Gasteiger partial charge in [0.2, 0.25) is 0 Å². The van der Waals surface area contributed by atoms with Gasteiger partial charge in [-0.1, -0.05) is 48.6 Å². The van der Waals surface area contributed by atoms with Crippen LogP contribution in [0.5, 0.6) is 0 Å². The maximum Gasteiger partial charge on any atom is -0.0470 e. The van der Waals surface area contributed by atoms with Crippen LogP contribution in [0, 0.1) is 0 Å². The van der Waals surface area contributed by atoms with Crippen molar-refractivity contribution in [2.75, 3.05) is 0 Å². The van der Waals surface area contributed by atoms with Crippen LogP contribution in [-0.2, 0) is 0 Å². The van der Waals surface area contributed by atoms with Crippen LogP contribution < -0.4 is 0 Å². The lowest BCUT2D eigenvalue weighted by molar-refractivity contribution is 0.824. The molecular formula is C10H16O. The van der Waals surface area contributed by atoms with Crippen molar-refractivity contribution in [1.29, 1.82) is 0 Å². The second-order valence-corrected chi connectivity index (χ2v) is 1.82. The van der Waals surface area contributed by atoms with Gasteiger partial charge in [0.15, 0.2) is 0 Å². The zero-order chi connectivity index (χ0) is 7.66. The minimum Gasteiger partial charge on any atom is -0.412 e. The largest absolute Gasteiger partial charge is 0.412 e. The first-order valence-corrected chi connectivity index (χ1v) is 3.49. The van der Waals surface area contributed by atoms with Crippen molar-refractivity contribution >= 4 is 0 Å². The van der Waals surface area contributed by atoms with Gasteiger partial charge in [0.25, 0.3) is 0 Å². The monoisotopic (exact) mass is 152 g/mol. The molecule has 0 aliphatic rings. The smallest absolute Gasteiger partial charge is 0.0470 e. The lowest BCUT2D eigenvalue weighted by atomic mass is 10.4. The molecule has 1 aromatic rings. The zero-order valence-corrected chi connectivity index (χ0v) is 7.12. The summed E-state index contributed by atoms with van der Waals surface area (Å²) < 4.78 is 0. The van der Waals surface area contributed by atoms with Gasteiger partial charge in [-0.25, -0.2) is 0 Å². The molecule has 0 aliphatic heterocycles. The van der Waals surface area contributed by atoms with E-state index in [4.69, 9.17) is 0 Å². The fourth-order valence-corrected chi connectivity index (χ4v) is 0.385. The molecule has 0 saturated heterocycles. The first-order chi connectivity index (χ1) is 4.91. The molecule has 1 nitrogen and oxygen atoms in total. The molecule has 0 aliphatic carbocycles. The van der Waals surface area contributed by atoms with E-state index >= 15 is 0 Å². The van der Waals surface area contributed by atoms with Gasteiger partial charge in [-0.3, -0.25) is 0 Å². The quantitative estimate of drug-likeness (QED) is 0.511. The summed E-state index contributed by atoms with van der Waals surface area (Å²) in [6, 6.07) is 12.0. The summed E-state index contributed by atoms with van der Waals surface area (Å²) in [5.74, 6) is 0. The van der Waals surface area contributed by atoms with Crippen LogP contribution in [0.1, 0.15) is 13.8 Å². The third kappa shape index (κ3) is 12.2. The van der Waals surface area contributed by atoms with Crippen LogP contribution in [0.25, 0.3) is 0 Å². The van der Waals surface area contributed by atoms with Crippen molar-refractivity contribution in [3.05, 3.63) is 48.6 Å². The average molecular weight is 152 g/mol. The van der Waals surface area contributed by atoms with Crippen LogP contribution in [-0.4, -0.2) is 5.48 Å². The third-order valence-electron chi connectivity index (χ3n) is 1.00. The summed E-state index contributed by atoms with van der Waals surface area (Å²) in [6.07, 6.45) is 4.00. The fraction of sp³-hybridized carbons (Fsp3) is 0.200. The molecule has 1 heteroatoms. The van der Waals surface area contributed by atoms with E-state index in [9.17, 15) is 0 Å². The molecule has 1 rings (SSSR count). The van der Waals surface area contributed by atoms with Crippen LogP contribution in [0.2, 0.25) is 0 Å². The van der Waals surface area contributed by atoms with E-state index < -0.39 is 0 Å². The number of rotatable bonds is 0. The van der Waals surface area contributed by atoms with Gasteiger partial charge in [0.05, 0.1) is 0 Å². The molecule has 11 heavy (non-hydrogen) atoms. The molecule has 0 atom stereocenters. The van der Waals surface area contributed by atoms with Crippen molar-refractivity contribution in [2.45, 2.75) is 13.8 Å². The van der Waals surface area contributed by atoms with Crippen molar-refractivity contribution in [2.24, 2.45) is 0 Å². The Balaban J connectivity index is 0. The Labute approximate surface area is 68.7 Å². The molecule has 1 aromatic carbocycles. The molecule has 0 amide bonds. The van der Waals surface area contributed by atoms with E-state index in [0.29, 0.717) is 0 Å². The highest BCUT2D eigenvalue weighted by atomic mass is 16.0. The Kier molecular flexibility index (Phi) is 13.4. The maximum atomic E-state index is 2.00. The Bertz CT molecular complexity index is 125. The minimum atomic E-state index is 0. The van der Waals surface area contributed by atoms with Gasteiger partial charge >= 0.3 is 0 Å². The summed E-state index contributed by atoms with van der Waals surface area (Å²) in [6.45, 7) is 4.00. The molecule has 0 heterocycles. The van der Waals surface area contributed by atoms with E-state index in [1.165, 1.54) is 0 Å². The predicted molar refractivity (Wildman–Crippen MR) is 50.5 cm³/mol. The van der Waals surface area contributed by atoms with Crippen LogP contribution in [0.4, 0.5) is 0 Å². The molecule has 62 valence electrons. The van der Waals surface area contributed by atoms with E-state index in [1.54, 1.807) is 0 Å². The highest BCUT2D eigenvalue weighted by Gasteiger charge is 1.57. The van der Waals surface area contributed by atoms with E-state index in [0.717, 1.165) is 0 Å². The van der Waals surface area contributed by atoms with Gasteiger partial charge in [-0.05, 0) is 13.8 Å². The molecule has 0 radical (unpaired) electrons. The fourth-order valence-electron chi connectivity index (χ4n) is 0.385. The second-order valence-electron chi connectivity index (χ2n) is 1.82. The Morgan fingerprint density at radius 2 is 0.818 bits per heavy atom. The molecule has 0 saturated carbocycles. The van der Waals surface area contributed by atoms with Crippen molar-refractivity contribution < 1.29 is 5.48 Å². The molecular weight excluding hydrogens is 136 g/mol. The highest BCUT2D eigenvalue weighted by molar-refractivity contribution is 4.99. The van der Waals surface area contributed by atoms with E-state index in [2.05, 4.69) is 0 Å². The number of allylic oxidation sites excluding steroid dienone is 2. The topological polar surface area (TPSA) is 31.5 Å². The van der Waals surface area contributed by atoms with Gasteiger partial charge in [-0.15, -0.1) is 0 Å². The maximum absolute atomic E-state index is 2.00. The summed E-state index contributed by atoms with van der Waals surface area (Å²) in [5.41, 5.74) is 0. The standard InChI is InChI=1S/C6H6.C4H8.H2O/c1-2-4-6-5-3-1;1-3-4-2;/h1-6H;3-4H,1-2H3;1H2. The summed E-state index contributed by atoms with van der Waals surface area (Å²) in [7, 11) is 0. The molecule has 0 aromatic heterocycles. The van der Waals surface area contributed by atoms with Gasteiger partial charge in [0, 0.05) is 0 Å². The first kappa shape index (κ1) is 12.6. The number of hydrogen-bond donors (Lipinski definition) is 0. The molecule has 0 spiro atoms. The molecule has 2 N–H and O–H groups in total. The van der Waals surface area contributed by atoms with Gasteiger partial charge in [0.1, 0.15) is 0 Å². The Morgan fingerprint density at radius 3 is 0.909 bits per heavy atom. The summed E-state index contributed by atoms with van der Waals surface area (Å²) in [5, 5.41) is 0. The average Bonchev–Trinajstić information content (AvgIpc) is 2.08. The Morgan fingerprint density at radius 1 is 0.636 bits per heavy atom. The van der Waals surface area contributed by atoms with Crippen molar-refractivity contribution in [3.63, 3.8) is 0 Å². The SMILES string of the molecule is CC=CC.O.c1ccccc1. The van der Waals surface area contributed by atoms with Crippen molar-refractivity contribution in [3.8, 4) is 0 Å². The number of benzene rings is 1. The van der Waals surface area contributed by atoms with E-state index in [-0.39, 0.29) is 5.48 Å². The van der Waals surface area contributed by atoms with Gasteiger partial charge < -0.3 is 5.48 Å². The van der Waals surface area contributed by atoms with E-state index in [1.807, 2.05) is 62.4 Å². The summed E-state index contributed by atoms with van der Waals surface area (Å²) >= 11 is 0. The number of hydrogen-bond acceptors (Lipinski definition) is 0. The minimum absolute atomic E-state index is 0. The second kappa shape index (κ2) is 11.7. The van der Waals surface area contributed by atoms with Crippen LogP contribution in [0.3, 0.4) is 0 Å². The first-order valence-electron chi connectivity index (χ1n) is 3.49. The zero-order valence-electron chi connectivity index (χ0n) is 7.12. The normalized spacial score (nSPS) is 7.82. The highest BCUT2D eigenvalue weighted by Crippen LogP contribution is 1.79. The van der Waals surface area contributed by atoms with Crippen molar-refractivity contribution in [1.82, 2.24) is 0 Å². The van der Waals surface area contributed by atoms with Crippen LogP contribution in [0.15, 0.2) is 48.6 Å². The third-order valence-corrected chi connectivity index (χ3v) is 1.00.